The van der Waals surface area contributed by atoms with Gasteiger partial charge in [-0.25, -0.2) is 0 Å². The summed E-state index contributed by atoms with van der Waals surface area (Å²) in [5, 5.41) is 0. The van der Waals surface area contributed by atoms with Crippen LogP contribution in [0.5, 0.6) is 0 Å². The topological polar surface area (TPSA) is 90.0 Å². The second kappa shape index (κ2) is 50.0. The van der Waals surface area contributed by atoms with Crippen molar-refractivity contribution >= 4 is 37.0 Å². The summed E-state index contributed by atoms with van der Waals surface area (Å²) in [6, 6.07) is 0. The van der Waals surface area contributed by atoms with E-state index in [4.69, 9.17) is 0 Å². The summed E-state index contributed by atoms with van der Waals surface area (Å²) >= 11 is -0.583. The van der Waals surface area contributed by atoms with Crippen molar-refractivity contribution in [3.05, 3.63) is 0 Å². The molecule has 0 rings (SSSR count). The van der Waals surface area contributed by atoms with Gasteiger partial charge in [-0.1, -0.05) is 0 Å². The number of hydrogen-bond donors (Lipinski definition) is 0. The zero-order valence-electron chi connectivity index (χ0n) is 3.14. The van der Waals surface area contributed by atoms with Crippen LogP contribution >= 0.6 is 19.6 Å². The predicted molar refractivity (Wildman–Crippen MR) is 26.7 cm³/mol. The molecule has 0 atom stereocenters. The van der Waals surface area contributed by atoms with Crippen molar-refractivity contribution in [2.24, 2.45) is 0 Å². The summed E-state index contributed by atoms with van der Waals surface area (Å²) < 4.78 is 0. The Labute approximate surface area is 68.0 Å². The second-order valence-corrected chi connectivity index (χ2v) is 5.01. The summed E-state index contributed by atoms with van der Waals surface area (Å²) in [5.41, 5.74) is 0. The Hall–Kier alpha value is 1.54. The van der Waals surface area contributed by atoms with Gasteiger partial charge < -0.3 is 16.4 Å². The molecule has 0 unspecified atom stereocenters. The van der Waals surface area contributed by atoms with Crippen LogP contribution in [0.1, 0.15) is 0 Å². The van der Waals surface area contributed by atoms with Gasteiger partial charge in [-0.3, -0.25) is 0 Å². The van der Waals surface area contributed by atoms with E-state index >= 15 is 0 Å². The van der Waals surface area contributed by atoms with E-state index in [0.29, 0.717) is 0 Å². The summed E-state index contributed by atoms with van der Waals surface area (Å²) in [7, 11) is 8.75. The third-order valence-electron chi connectivity index (χ3n) is 0. The van der Waals surface area contributed by atoms with Gasteiger partial charge in [0.25, 0.3) is 0 Å². The van der Waals surface area contributed by atoms with Crippen LogP contribution in [0.25, 0.3) is 0 Å². The Balaban J connectivity index is -0.00000000333. The number of rotatable bonds is 0. The van der Waals surface area contributed by atoms with Crippen LogP contribution in [0.4, 0.5) is 0 Å². The van der Waals surface area contributed by atoms with Crippen LogP contribution in [0.15, 0.2) is 0 Å². The molecule has 0 aliphatic carbocycles. The van der Waals surface area contributed by atoms with Gasteiger partial charge in [0.2, 0.25) is 0 Å². The Morgan fingerprint density at radius 2 is 0.857 bits per heavy atom. The van der Waals surface area contributed by atoms with E-state index in [2.05, 4.69) is 19.6 Å². The van der Waals surface area contributed by atoms with E-state index in [1.807, 2.05) is 0 Å². The van der Waals surface area contributed by atoms with Crippen LogP contribution in [0, 0.1) is 0 Å². The molecule has 0 aromatic carbocycles. The van der Waals surface area contributed by atoms with E-state index in [1.54, 1.807) is 0 Å². The van der Waals surface area contributed by atoms with Crippen molar-refractivity contribution in [3.8, 4) is 0 Å². The Bertz CT molecular complexity index is 33.9. The van der Waals surface area contributed by atoms with Crippen LogP contribution in [-0.2, 0) is 14.9 Å². The van der Waals surface area contributed by atoms with Gasteiger partial charge in [0.05, 0.1) is 0 Å². The molecule has 3 nitrogen and oxygen atoms in total. The van der Waals surface area contributed by atoms with Gasteiger partial charge in [0.15, 0.2) is 0 Å². The maximum atomic E-state index is 4.38. The zero-order chi connectivity index (χ0) is 2.71. The molecule has 3 N–H and O–H groups in total. The molecule has 0 fully saturated rings. The van der Waals surface area contributed by atoms with E-state index in [9.17, 15) is 0 Å². The second-order valence-electron chi connectivity index (χ2n) is 0.0680. The fourth-order valence-electron chi connectivity index (χ4n) is 0. The molecule has 0 radical (unpaired) electrons. The van der Waals surface area contributed by atoms with E-state index in [-0.39, 0.29) is 33.8 Å². The van der Waals surface area contributed by atoms with Gasteiger partial charge in [-0.15, -0.1) is 0 Å². The van der Waals surface area contributed by atoms with E-state index in [1.165, 1.54) is 0 Å². The average Bonchev–Trinajstić information content (AvgIpc) is 0.918. The molecule has 7 heteroatoms. The summed E-state index contributed by atoms with van der Waals surface area (Å²) in [4.78, 5) is 0. The van der Waals surface area contributed by atoms with Crippen molar-refractivity contribution in [3.63, 3.8) is 0 Å². The Morgan fingerprint density at radius 3 is 0.857 bits per heavy atom. The molecule has 7 heavy (non-hydrogen) atoms. The predicted octanol–water partition coefficient (Wildman–Crippen LogP) is 0.383. The molecule has 0 aromatic heterocycles. The summed E-state index contributed by atoms with van der Waals surface area (Å²) in [5.74, 6) is 0. The Morgan fingerprint density at radius 1 is 0.857 bits per heavy atom. The monoisotopic (exact) mass is 326 g/mol. The first-order chi connectivity index (χ1) is 1.41. The average molecular weight is 326 g/mol. The third kappa shape index (κ3) is 97.5. The molecule has 0 heterocycles. The van der Waals surface area contributed by atoms with Crippen molar-refractivity contribution < 1.29 is 31.4 Å². The zero-order valence-corrected chi connectivity index (χ0v) is 8.86. The van der Waals surface area contributed by atoms with Gasteiger partial charge in [0.1, 0.15) is 0 Å². The molecular weight excluding hydrogens is 323 g/mol. The first-order valence-corrected chi connectivity index (χ1v) is 8.19. The third-order valence-corrected chi connectivity index (χ3v) is 0. The van der Waals surface area contributed by atoms with Crippen molar-refractivity contribution in [2.45, 2.75) is 0 Å². The van der Waals surface area contributed by atoms with Crippen LogP contribution in [0.2, 0.25) is 0 Å². The SMILES string of the molecule is [Al+3].[OH-].[OH-].[OH-].[S]=[W]=[S]. The van der Waals surface area contributed by atoms with Crippen molar-refractivity contribution in [2.75, 3.05) is 0 Å². The van der Waals surface area contributed by atoms with Gasteiger partial charge in [0, 0.05) is 0 Å². The molecule has 0 aliphatic heterocycles. The van der Waals surface area contributed by atoms with E-state index < -0.39 is 14.9 Å². The maximum absolute atomic E-state index is 4.38. The molecule has 0 amide bonds. The minimum absolute atomic E-state index is 0. The molecule has 0 aliphatic rings. The van der Waals surface area contributed by atoms with Crippen molar-refractivity contribution in [1.82, 2.24) is 0 Å². The summed E-state index contributed by atoms with van der Waals surface area (Å²) in [6.45, 7) is 0. The fraction of sp³-hybridized carbons (Fsp3) is 0. The van der Waals surface area contributed by atoms with E-state index in [0.717, 1.165) is 0 Å². The quantitative estimate of drug-likeness (QED) is 0.601. The molecular formula is H3AlO3S2W. The summed E-state index contributed by atoms with van der Waals surface area (Å²) in [6.07, 6.45) is 0. The first kappa shape index (κ1) is 38.7. The van der Waals surface area contributed by atoms with Crippen molar-refractivity contribution in [1.29, 1.82) is 0 Å². The Kier molecular flexibility index (Phi) is 277. The van der Waals surface area contributed by atoms with Crippen LogP contribution in [-0.4, -0.2) is 33.8 Å². The molecule has 0 bridgehead atoms. The first-order valence-electron chi connectivity index (χ1n) is 0.333. The minimum atomic E-state index is -0.583. The molecule has 0 spiro atoms. The van der Waals surface area contributed by atoms with Gasteiger partial charge >= 0.3 is 51.9 Å². The molecule has 42 valence electrons. The molecule has 0 saturated carbocycles. The van der Waals surface area contributed by atoms with Gasteiger partial charge in [-0.2, -0.15) is 0 Å². The normalized spacial score (nSPS) is 1.71. The van der Waals surface area contributed by atoms with Crippen LogP contribution < -0.4 is 0 Å². The molecule has 0 saturated heterocycles. The molecule has 0 aromatic rings. The fourth-order valence-corrected chi connectivity index (χ4v) is 0. The van der Waals surface area contributed by atoms with Gasteiger partial charge in [-0.05, 0) is 0 Å². The standard InChI is InChI=1S/Al.3H2O.2S.W/h;3*1H2;;;/q+3;;;;;;/p-3. The van der Waals surface area contributed by atoms with Crippen LogP contribution in [0.3, 0.4) is 0 Å². The number of hydrogen-bond acceptors (Lipinski definition) is 5.